The molecule has 1 aromatic heterocycles. The number of rotatable bonds is 9. The van der Waals surface area contributed by atoms with Gasteiger partial charge < -0.3 is 9.47 Å². The number of ether oxygens (including phenoxy) is 2. The summed E-state index contributed by atoms with van der Waals surface area (Å²) in [5, 5.41) is 3.19. The van der Waals surface area contributed by atoms with Crippen molar-refractivity contribution in [2.75, 3.05) is 20.3 Å². The van der Waals surface area contributed by atoms with Gasteiger partial charge in [0.2, 0.25) is 0 Å². The molecule has 0 amide bonds. The van der Waals surface area contributed by atoms with Gasteiger partial charge in [0.15, 0.2) is 0 Å². The highest BCUT2D eigenvalue weighted by Gasteiger charge is 2.00. The van der Waals surface area contributed by atoms with E-state index in [1.54, 1.807) is 18.4 Å². The van der Waals surface area contributed by atoms with E-state index < -0.39 is 0 Å². The third-order valence-corrected chi connectivity index (χ3v) is 4.58. The molecule has 4 nitrogen and oxygen atoms in total. The molecule has 1 heterocycles. The fourth-order valence-corrected chi connectivity index (χ4v) is 2.92. The third kappa shape index (κ3) is 9.49. The number of methoxy groups -OCH3 is 1. The molecule has 2 rings (SSSR count). The molecule has 0 unspecified atom stereocenters. The second kappa shape index (κ2) is 13.3. The molecule has 0 spiro atoms. The van der Waals surface area contributed by atoms with E-state index in [0.29, 0.717) is 6.61 Å². The van der Waals surface area contributed by atoms with Crippen LogP contribution in [0.1, 0.15) is 36.9 Å². The summed E-state index contributed by atoms with van der Waals surface area (Å²) in [6, 6.07) is 8.47. The standard InChI is InChI=1S/C11H11NS.C10H18O3/c1-8-3-5-10(6-4-8)11-12-9(2)7-13-11;1-3-10(11)13-9-7-5-4-6-8-12-2/h3-7H,1-2H3;3H,1,4-9H2,2H3. The normalized spacial score (nSPS) is 9.96. The van der Waals surface area contributed by atoms with E-state index in [4.69, 9.17) is 9.47 Å². The predicted molar refractivity (Wildman–Crippen MR) is 109 cm³/mol. The predicted octanol–water partition coefficient (Wildman–Crippen LogP) is 5.35. The van der Waals surface area contributed by atoms with Crippen LogP contribution in [0.25, 0.3) is 10.6 Å². The Balaban J connectivity index is 0.000000260. The average molecular weight is 376 g/mol. The van der Waals surface area contributed by atoms with Gasteiger partial charge in [0, 0.05) is 36.4 Å². The van der Waals surface area contributed by atoms with Crippen LogP contribution >= 0.6 is 11.3 Å². The largest absolute Gasteiger partial charge is 0.463 e. The summed E-state index contributed by atoms with van der Waals surface area (Å²) < 4.78 is 9.71. The topological polar surface area (TPSA) is 48.4 Å². The SMILES string of the molecule is C=CC(=O)OCCCCCCOC.Cc1ccc(-c2nc(C)cs2)cc1. The van der Waals surface area contributed by atoms with Crippen LogP contribution in [0.3, 0.4) is 0 Å². The number of aryl methyl sites for hydroxylation is 2. The van der Waals surface area contributed by atoms with E-state index in [1.807, 2.05) is 6.92 Å². The van der Waals surface area contributed by atoms with Gasteiger partial charge in [0.05, 0.1) is 6.61 Å². The second-order valence-electron chi connectivity index (χ2n) is 5.94. The van der Waals surface area contributed by atoms with Crippen molar-refractivity contribution in [1.82, 2.24) is 4.98 Å². The number of aromatic nitrogens is 1. The summed E-state index contributed by atoms with van der Waals surface area (Å²) in [5.74, 6) is -0.336. The van der Waals surface area contributed by atoms with Crippen molar-refractivity contribution in [3.63, 3.8) is 0 Å². The molecular weight excluding hydrogens is 346 g/mol. The molecular formula is C21H29NO3S. The Morgan fingerprint density at radius 3 is 2.31 bits per heavy atom. The maximum absolute atomic E-state index is 10.6. The lowest BCUT2D eigenvalue weighted by Crippen LogP contribution is -2.01. The summed E-state index contributed by atoms with van der Waals surface area (Å²) >= 11 is 1.70. The molecule has 0 saturated carbocycles. The monoisotopic (exact) mass is 375 g/mol. The molecule has 0 N–H and O–H groups in total. The lowest BCUT2D eigenvalue weighted by molar-refractivity contribution is -0.137. The number of hydrogen-bond acceptors (Lipinski definition) is 5. The number of unbranched alkanes of at least 4 members (excludes halogenated alkanes) is 3. The summed E-state index contributed by atoms with van der Waals surface area (Å²) in [5.41, 5.74) is 3.60. The number of carbonyl (C=O) groups is 1. The molecule has 0 atom stereocenters. The molecule has 0 bridgehead atoms. The van der Waals surface area contributed by atoms with Gasteiger partial charge in [-0.25, -0.2) is 9.78 Å². The number of esters is 1. The highest BCUT2D eigenvalue weighted by molar-refractivity contribution is 7.13. The van der Waals surface area contributed by atoms with Crippen molar-refractivity contribution >= 4 is 17.3 Å². The van der Waals surface area contributed by atoms with Gasteiger partial charge in [-0.15, -0.1) is 11.3 Å². The molecule has 5 heteroatoms. The molecule has 0 aliphatic heterocycles. The Morgan fingerprint density at radius 1 is 1.12 bits per heavy atom. The smallest absolute Gasteiger partial charge is 0.330 e. The third-order valence-electron chi connectivity index (χ3n) is 3.57. The first-order chi connectivity index (χ1) is 12.6. The molecule has 0 radical (unpaired) electrons. The Morgan fingerprint density at radius 2 is 1.77 bits per heavy atom. The van der Waals surface area contributed by atoms with Crippen molar-refractivity contribution in [3.05, 3.63) is 53.6 Å². The Kier molecular flexibility index (Phi) is 11.2. The number of carbonyl (C=O) groups excluding carboxylic acids is 1. The van der Waals surface area contributed by atoms with Gasteiger partial charge >= 0.3 is 5.97 Å². The highest BCUT2D eigenvalue weighted by Crippen LogP contribution is 2.23. The van der Waals surface area contributed by atoms with Crippen molar-refractivity contribution in [1.29, 1.82) is 0 Å². The van der Waals surface area contributed by atoms with Crippen LogP contribution in [0.4, 0.5) is 0 Å². The van der Waals surface area contributed by atoms with Crippen LogP contribution < -0.4 is 0 Å². The molecule has 1 aromatic carbocycles. The maximum Gasteiger partial charge on any atom is 0.330 e. The van der Waals surface area contributed by atoms with E-state index in [0.717, 1.165) is 43.0 Å². The molecule has 142 valence electrons. The van der Waals surface area contributed by atoms with E-state index in [9.17, 15) is 4.79 Å². The minimum Gasteiger partial charge on any atom is -0.463 e. The van der Waals surface area contributed by atoms with Gasteiger partial charge in [-0.2, -0.15) is 0 Å². The zero-order valence-electron chi connectivity index (χ0n) is 16.0. The van der Waals surface area contributed by atoms with Crippen LogP contribution in [-0.2, 0) is 14.3 Å². The van der Waals surface area contributed by atoms with E-state index in [2.05, 4.69) is 48.1 Å². The highest BCUT2D eigenvalue weighted by atomic mass is 32.1. The molecule has 0 saturated heterocycles. The minimum absolute atomic E-state index is 0.336. The van der Waals surface area contributed by atoms with E-state index in [1.165, 1.54) is 17.2 Å². The Bertz CT molecular complexity index is 650. The summed E-state index contributed by atoms with van der Waals surface area (Å²) in [4.78, 5) is 15.0. The lowest BCUT2D eigenvalue weighted by Gasteiger charge is -2.01. The molecule has 2 aromatic rings. The average Bonchev–Trinajstić information content (AvgIpc) is 3.08. The summed E-state index contributed by atoms with van der Waals surface area (Å²) in [6.07, 6.45) is 5.38. The Labute approximate surface area is 160 Å². The Hall–Kier alpha value is -1.98. The molecule has 0 fully saturated rings. The van der Waals surface area contributed by atoms with E-state index >= 15 is 0 Å². The quantitative estimate of drug-likeness (QED) is 0.337. The van der Waals surface area contributed by atoms with Gasteiger partial charge in [0.1, 0.15) is 5.01 Å². The summed E-state index contributed by atoms with van der Waals surface area (Å²) in [7, 11) is 1.70. The first-order valence-corrected chi connectivity index (χ1v) is 9.72. The van der Waals surface area contributed by atoms with Crippen molar-refractivity contribution in [2.45, 2.75) is 39.5 Å². The maximum atomic E-state index is 10.6. The molecule has 0 aliphatic rings. The number of nitrogens with zero attached hydrogens (tertiary/aromatic N) is 1. The summed E-state index contributed by atoms with van der Waals surface area (Å²) in [6.45, 7) is 8.73. The van der Waals surface area contributed by atoms with Crippen LogP contribution in [0.15, 0.2) is 42.3 Å². The van der Waals surface area contributed by atoms with Gasteiger partial charge in [-0.05, 0) is 33.1 Å². The van der Waals surface area contributed by atoms with Gasteiger partial charge in [-0.1, -0.05) is 42.8 Å². The van der Waals surface area contributed by atoms with Crippen LogP contribution in [-0.4, -0.2) is 31.3 Å². The first-order valence-electron chi connectivity index (χ1n) is 8.84. The second-order valence-corrected chi connectivity index (χ2v) is 6.80. The van der Waals surface area contributed by atoms with Crippen molar-refractivity contribution in [2.24, 2.45) is 0 Å². The fraction of sp³-hybridized carbons (Fsp3) is 0.429. The first kappa shape index (κ1) is 22.1. The van der Waals surface area contributed by atoms with Crippen molar-refractivity contribution in [3.8, 4) is 10.6 Å². The minimum atomic E-state index is -0.336. The van der Waals surface area contributed by atoms with Crippen LogP contribution in [0.5, 0.6) is 0 Å². The van der Waals surface area contributed by atoms with Gasteiger partial charge in [0.25, 0.3) is 0 Å². The van der Waals surface area contributed by atoms with Crippen LogP contribution in [0.2, 0.25) is 0 Å². The number of benzene rings is 1. The van der Waals surface area contributed by atoms with E-state index in [-0.39, 0.29) is 5.97 Å². The number of thiazole rings is 1. The molecule has 0 aliphatic carbocycles. The number of hydrogen-bond donors (Lipinski definition) is 0. The fourth-order valence-electron chi connectivity index (χ4n) is 2.12. The molecule has 26 heavy (non-hydrogen) atoms. The van der Waals surface area contributed by atoms with Gasteiger partial charge in [-0.3, -0.25) is 0 Å². The zero-order chi connectivity index (χ0) is 19.2. The van der Waals surface area contributed by atoms with Crippen LogP contribution in [0, 0.1) is 13.8 Å². The zero-order valence-corrected chi connectivity index (χ0v) is 16.8. The van der Waals surface area contributed by atoms with Crippen molar-refractivity contribution < 1.29 is 14.3 Å². The lowest BCUT2D eigenvalue weighted by atomic mass is 10.2.